The van der Waals surface area contributed by atoms with Crippen molar-refractivity contribution in [3.05, 3.63) is 76.5 Å². The van der Waals surface area contributed by atoms with E-state index in [1.165, 1.54) is 25.4 Å². The first kappa shape index (κ1) is 22.1. The molecule has 0 amide bonds. The lowest BCUT2D eigenvalue weighted by Gasteiger charge is -1.99. The Morgan fingerprint density at radius 2 is 1.34 bits per heavy atom. The zero-order valence-corrected chi connectivity index (χ0v) is 17.9. The van der Waals surface area contributed by atoms with Crippen molar-refractivity contribution in [3.8, 4) is 0 Å². The number of rotatable bonds is 0. The van der Waals surface area contributed by atoms with E-state index in [4.69, 9.17) is 8.83 Å². The van der Waals surface area contributed by atoms with E-state index in [2.05, 4.69) is 0 Å². The quantitative estimate of drug-likeness (QED) is 0.435. The van der Waals surface area contributed by atoms with Crippen LogP contribution in [0.2, 0.25) is 0 Å². The van der Waals surface area contributed by atoms with E-state index in [0.29, 0.717) is 21.3 Å². The molecular weight excluding hydrogens is 396 g/mol. The first-order chi connectivity index (χ1) is 13.7. The highest BCUT2D eigenvalue weighted by molar-refractivity contribution is 7.18. The Kier molecular flexibility index (Phi) is 6.76. The SMILES string of the molecule is CC.Cc1cc2c(=O)n(C)c(=O)oc2s1.Cc1ccc2oc(=O)n(C)c(=O)c2c1. The second-order valence-corrected chi connectivity index (χ2v) is 7.24. The molecule has 9 heteroatoms. The number of thiophene rings is 1. The lowest BCUT2D eigenvalue weighted by molar-refractivity contribution is 0.485. The zero-order chi connectivity index (χ0) is 21.9. The van der Waals surface area contributed by atoms with E-state index in [0.717, 1.165) is 19.6 Å². The number of nitrogens with zero attached hydrogens (tertiary/aromatic N) is 2. The van der Waals surface area contributed by atoms with Gasteiger partial charge in [-0.3, -0.25) is 9.59 Å². The van der Waals surface area contributed by atoms with Gasteiger partial charge < -0.3 is 8.83 Å². The predicted molar refractivity (Wildman–Crippen MR) is 114 cm³/mol. The molecule has 0 atom stereocenters. The second-order valence-electron chi connectivity index (χ2n) is 6.02. The Morgan fingerprint density at radius 1 is 0.793 bits per heavy atom. The molecule has 0 spiro atoms. The highest BCUT2D eigenvalue weighted by Crippen LogP contribution is 2.20. The monoisotopic (exact) mass is 418 g/mol. The van der Waals surface area contributed by atoms with Gasteiger partial charge in [0.1, 0.15) is 5.58 Å². The van der Waals surface area contributed by atoms with Gasteiger partial charge in [-0.05, 0) is 32.0 Å². The van der Waals surface area contributed by atoms with Gasteiger partial charge in [-0.1, -0.05) is 25.5 Å². The van der Waals surface area contributed by atoms with Gasteiger partial charge in [0.05, 0.1) is 10.8 Å². The Labute approximate surface area is 169 Å². The van der Waals surface area contributed by atoms with E-state index in [-0.39, 0.29) is 11.1 Å². The molecule has 0 saturated heterocycles. The lowest BCUT2D eigenvalue weighted by atomic mass is 10.2. The van der Waals surface area contributed by atoms with Crippen LogP contribution in [0.5, 0.6) is 0 Å². The van der Waals surface area contributed by atoms with E-state index in [9.17, 15) is 19.2 Å². The molecule has 0 aliphatic rings. The first-order valence-electron chi connectivity index (χ1n) is 8.90. The van der Waals surface area contributed by atoms with Crippen LogP contribution >= 0.6 is 11.3 Å². The summed E-state index contributed by atoms with van der Waals surface area (Å²) in [6.45, 7) is 7.74. The zero-order valence-electron chi connectivity index (χ0n) is 17.1. The van der Waals surface area contributed by atoms with Gasteiger partial charge >= 0.3 is 11.5 Å². The molecule has 3 aromatic heterocycles. The van der Waals surface area contributed by atoms with Crippen LogP contribution < -0.4 is 22.6 Å². The Bertz CT molecular complexity index is 1400. The highest BCUT2D eigenvalue weighted by Gasteiger charge is 2.09. The summed E-state index contributed by atoms with van der Waals surface area (Å²) in [6, 6.07) is 6.87. The first-order valence-corrected chi connectivity index (χ1v) is 9.71. The van der Waals surface area contributed by atoms with Crippen LogP contribution in [0.1, 0.15) is 24.3 Å². The molecule has 4 aromatic rings. The lowest BCUT2D eigenvalue weighted by Crippen LogP contribution is -2.29. The molecular formula is C20H22N2O6S. The molecule has 154 valence electrons. The van der Waals surface area contributed by atoms with Crippen LogP contribution in [-0.4, -0.2) is 9.13 Å². The third-order valence-corrected chi connectivity index (χ3v) is 4.88. The maximum absolute atomic E-state index is 11.6. The van der Waals surface area contributed by atoms with Gasteiger partial charge in [-0.15, -0.1) is 11.3 Å². The number of benzene rings is 1. The van der Waals surface area contributed by atoms with Gasteiger partial charge in [0.25, 0.3) is 11.1 Å². The third kappa shape index (κ3) is 4.45. The van der Waals surface area contributed by atoms with Crippen molar-refractivity contribution < 1.29 is 8.83 Å². The van der Waals surface area contributed by atoms with Gasteiger partial charge in [-0.2, -0.15) is 0 Å². The average Bonchev–Trinajstić information content (AvgIpc) is 3.07. The van der Waals surface area contributed by atoms with Gasteiger partial charge in [0.15, 0.2) is 4.90 Å². The number of hydrogen-bond acceptors (Lipinski definition) is 7. The Hall–Kier alpha value is -3.20. The third-order valence-electron chi connectivity index (χ3n) is 3.95. The van der Waals surface area contributed by atoms with Crippen LogP contribution in [0.15, 0.2) is 52.3 Å². The van der Waals surface area contributed by atoms with Crippen molar-refractivity contribution >= 4 is 32.6 Å². The van der Waals surface area contributed by atoms with E-state index >= 15 is 0 Å². The molecule has 0 N–H and O–H groups in total. The number of aromatic nitrogens is 2. The van der Waals surface area contributed by atoms with Gasteiger partial charge in [0, 0.05) is 19.0 Å². The molecule has 0 aliphatic carbocycles. The van der Waals surface area contributed by atoms with E-state index < -0.39 is 11.5 Å². The summed E-state index contributed by atoms with van der Waals surface area (Å²) >= 11 is 1.31. The molecule has 0 bridgehead atoms. The van der Waals surface area contributed by atoms with Gasteiger partial charge in [-0.25, -0.2) is 18.7 Å². The Morgan fingerprint density at radius 3 is 1.97 bits per heavy atom. The summed E-state index contributed by atoms with van der Waals surface area (Å²) in [4.78, 5) is 46.6. The topological polar surface area (TPSA) is 104 Å². The molecule has 3 heterocycles. The molecule has 8 nitrogen and oxygen atoms in total. The van der Waals surface area contributed by atoms with E-state index in [1.807, 2.05) is 27.7 Å². The van der Waals surface area contributed by atoms with Crippen LogP contribution in [0, 0.1) is 13.8 Å². The minimum atomic E-state index is -0.633. The number of hydrogen-bond donors (Lipinski definition) is 0. The number of fused-ring (bicyclic) bond motifs is 2. The van der Waals surface area contributed by atoms with E-state index in [1.54, 1.807) is 24.3 Å². The summed E-state index contributed by atoms with van der Waals surface area (Å²) < 4.78 is 11.8. The van der Waals surface area contributed by atoms with Crippen LogP contribution in [0.4, 0.5) is 0 Å². The maximum atomic E-state index is 11.6. The van der Waals surface area contributed by atoms with Crippen LogP contribution in [0.25, 0.3) is 21.3 Å². The van der Waals surface area contributed by atoms with Crippen LogP contribution in [0.3, 0.4) is 0 Å². The van der Waals surface area contributed by atoms with Crippen LogP contribution in [-0.2, 0) is 14.1 Å². The average molecular weight is 418 g/mol. The van der Waals surface area contributed by atoms with Crippen molar-refractivity contribution in [2.45, 2.75) is 27.7 Å². The summed E-state index contributed by atoms with van der Waals surface area (Å²) in [5.41, 5.74) is 0.683. The van der Waals surface area contributed by atoms with Gasteiger partial charge in [0.2, 0.25) is 0 Å². The molecule has 0 aliphatic heterocycles. The molecule has 0 radical (unpaired) electrons. The summed E-state index contributed by atoms with van der Waals surface area (Å²) in [5.74, 6) is -1.24. The second kappa shape index (κ2) is 8.87. The molecule has 4 rings (SSSR count). The smallest absolute Gasteiger partial charge is 0.409 e. The fourth-order valence-electron chi connectivity index (χ4n) is 2.46. The summed E-state index contributed by atoms with van der Waals surface area (Å²) in [6.07, 6.45) is 0. The molecule has 1 aromatic carbocycles. The maximum Gasteiger partial charge on any atom is 0.422 e. The molecule has 0 fully saturated rings. The minimum Gasteiger partial charge on any atom is -0.409 e. The highest BCUT2D eigenvalue weighted by atomic mass is 32.1. The Balaban J connectivity index is 0.000000191. The van der Waals surface area contributed by atoms with Crippen molar-refractivity contribution in [2.24, 2.45) is 14.1 Å². The minimum absolute atomic E-state index is 0.296. The normalized spacial score (nSPS) is 10.3. The summed E-state index contributed by atoms with van der Waals surface area (Å²) in [7, 11) is 2.80. The van der Waals surface area contributed by atoms with Crippen molar-refractivity contribution in [2.75, 3.05) is 0 Å². The van der Waals surface area contributed by atoms with Crippen molar-refractivity contribution in [3.63, 3.8) is 0 Å². The predicted octanol–water partition coefficient (Wildman–Crippen LogP) is 2.69. The molecule has 0 unspecified atom stereocenters. The molecule has 0 saturated carbocycles. The fraction of sp³-hybridized carbons (Fsp3) is 0.300. The standard InChI is InChI=1S/C10H9NO3.C8H7NO3S.C2H6/c1-6-3-4-8-7(5-6)9(12)11(2)10(13)14-8;1-4-3-5-6(10)9(2)8(11)12-7(5)13-4;1-2/h3-5H,1-2H3;3H,1-2H3;1-2H3. The number of aryl methyl sites for hydroxylation is 2. The van der Waals surface area contributed by atoms with Crippen molar-refractivity contribution in [1.29, 1.82) is 0 Å². The summed E-state index contributed by atoms with van der Waals surface area (Å²) in [5, 5.41) is 0.914. The molecule has 29 heavy (non-hydrogen) atoms. The van der Waals surface area contributed by atoms with Crippen molar-refractivity contribution in [1.82, 2.24) is 9.13 Å². The fourth-order valence-corrected chi connectivity index (χ4v) is 3.29. The largest absolute Gasteiger partial charge is 0.422 e.